The van der Waals surface area contributed by atoms with Crippen LogP contribution in [0.4, 0.5) is 0 Å². The average molecular weight is 330 g/mol. The van der Waals surface area contributed by atoms with E-state index in [0.29, 0.717) is 38.9 Å². The summed E-state index contributed by atoms with van der Waals surface area (Å²) in [5, 5.41) is 17.1. The maximum Gasteiger partial charge on any atom is 0.263 e. The molecule has 0 saturated carbocycles. The molecule has 0 saturated heterocycles. The highest BCUT2D eigenvalue weighted by Crippen LogP contribution is 2.11. The second-order valence-corrected chi connectivity index (χ2v) is 4.90. The Labute approximate surface area is 141 Å². The summed E-state index contributed by atoms with van der Waals surface area (Å²) in [6, 6.07) is 9.45. The lowest BCUT2D eigenvalue weighted by atomic mass is 10.1. The van der Waals surface area contributed by atoms with Crippen LogP contribution < -0.4 is 20.7 Å². The van der Waals surface area contributed by atoms with Gasteiger partial charge in [-0.3, -0.25) is 9.59 Å². The summed E-state index contributed by atoms with van der Waals surface area (Å²) in [7, 11) is 1.61. The van der Waals surface area contributed by atoms with Crippen molar-refractivity contribution in [2.45, 2.75) is 12.8 Å². The molecule has 0 radical (unpaired) electrons. The summed E-state index contributed by atoms with van der Waals surface area (Å²) in [5.41, 5.74) is 1.09. The molecule has 24 heavy (non-hydrogen) atoms. The molecule has 0 aliphatic heterocycles. The van der Waals surface area contributed by atoms with Crippen molar-refractivity contribution in [2.75, 3.05) is 26.7 Å². The largest absolute Gasteiger partial charge is 0.497 e. The molecule has 128 valence electrons. The Kier molecular flexibility index (Phi) is 9.16. The van der Waals surface area contributed by atoms with E-state index in [1.165, 1.54) is 6.20 Å². The van der Waals surface area contributed by atoms with E-state index in [9.17, 15) is 9.59 Å². The first-order chi connectivity index (χ1) is 11.7. The summed E-state index contributed by atoms with van der Waals surface area (Å²) in [4.78, 5) is 22.0. The van der Waals surface area contributed by atoms with E-state index in [-0.39, 0.29) is 5.57 Å². The molecule has 0 bridgehead atoms. The van der Waals surface area contributed by atoms with Gasteiger partial charge in [-0.1, -0.05) is 12.1 Å². The third-order valence-electron chi connectivity index (χ3n) is 3.20. The van der Waals surface area contributed by atoms with Crippen LogP contribution in [0.25, 0.3) is 0 Å². The molecule has 2 amide bonds. The molecule has 0 fully saturated rings. The molecule has 0 spiro atoms. The Morgan fingerprint density at radius 2 is 1.92 bits per heavy atom. The number of carbonyl (C=O) groups excluding carboxylic acids is 2. The van der Waals surface area contributed by atoms with Crippen molar-refractivity contribution in [3.8, 4) is 11.8 Å². The van der Waals surface area contributed by atoms with Crippen molar-refractivity contribution >= 4 is 12.3 Å². The van der Waals surface area contributed by atoms with Gasteiger partial charge in [-0.2, -0.15) is 5.26 Å². The Morgan fingerprint density at radius 3 is 2.54 bits per heavy atom. The Hall–Kier alpha value is -3.01. The van der Waals surface area contributed by atoms with Crippen molar-refractivity contribution in [2.24, 2.45) is 0 Å². The lowest BCUT2D eigenvalue weighted by Crippen LogP contribution is -2.28. The van der Waals surface area contributed by atoms with Crippen LogP contribution in [0.3, 0.4) is 0 Å². The second kappa shape index (κ2) is 11.5. The van der Waals surface area contributed by atoms with E-state index in [1.54, 1.807) is 7.11 Å². The van der Waals surface area contributed by atoms with E-state index in [0.717, 1.165) is 11.3 Å². The molecular formula is C17H22N4O3. The van der Waals surface area contributed by atoms with Gasteiger partial charge in [-0.05, 0) is 30.5 Å². The first-order valence-corrected chi connectivity index (χ1v) is 7.63. The number of hydrogen-bond donors (Lipinski definition) is 3. The fourth-order valence-corrected chi connectivity index (χ4v) is 1.88. The molecular weight excluding hydrogens is 308 g/mol. The van der Waals surface area contributed by atoms with Crippen molar-refractivity contribution in [1.29, 1.82) is 5.26 Å². The summed E-state index contributed by atoms with van der Waals surface area (Å²) < 4.78 is 5.08. The number of nitriles is 1. The summed E-state index contributed by atoms with van der Waals surface area (Å²) in [6.07, 6.45) is 3.39. The van der Waals surface area contributed by atoms with Crippen LogP contribution in [0.1, 0.15) is 12.0 Å². The van der Waals surface area contributed by atoms with Gasteiger partial charge in [0.1, 0.15) is 17.4 Å². The first kappa shape index (κ1) is 19.0. The number of amides is 2. The number of benzene rings is 1. The molecule has 7 nitrogen and oxygen atoms in total. The van der Waals surface area contributed by atoms with Gasteiger partial charge in [0.2, 0.25) is 6.41 Å². The van der Waals surface area contributed by atoms with Gasteiger partial charge in [-0.25, -0.2) is 0 Å². The number of methoxy groups -OCH3 is 1. The van der Waals surface area contributed by atoms with Gasteiger partial charge in [0.05, 0.1) is 7.11 Å². The number of rotatable bonds is 11. The predicted octanol–water partition coefficient (Wildman–Crippen LogP) is 0.487. The SMILES string of the molecule is COc1ccc(CCNC(=O)/C(C#N)=C\NCCCNC=O)cc1. The maximum absolute atomic E-state index is 11.9. The summed E-state index contributed by atoms with van der Waals surface area (Å²) in [6.45, 7) is 1.54. The molecule has 0 aromatic heterocycles. The predicted molar refractivity (Wildman–Crippen MR) is 90.1 cm³/mol. The zero-order valence-corrected chi connectivity index (χ0v) is 13.7. The molecule has 3 N–H and O–H groups in total. The molecule has 0 aliphatic carbocycles. The van der Waals surface area contributed by atoms with Crippen molar-refractivity contribution in [3.63, 3.8) is 0 Å². The molecule has 0 atom stereocenters. The van der Waals surface area contributed by atoms with Crippen molar-refractivity contribution in [1.82, 2.24) is 16.0 Å². The minimum atomic E-state index is -0.412. The normalized spacial score (nSPS) is 10.4. The number of nitrogens with zero attached hydrogens (tertiary/aromatic N) is 1. The molecule has 0 heterocycles. The van der Waals surface area contributed by atoms with E-state index >= 15 is 0 Å². The van der Waals surface area contributed by atoms with Crippen LogP contribution in [-0.4, -0.2) is 39.1 Å². The highest BCUT2D eigenvalue weighted by Gasteiger charge is 2.07. The highest BCUT2D eigenvalue weighted by atomic mass is 16.5. The summed E-state index contributed by atoms with van der Waals surface area (Å²) in [5.74, 6) is 0.372. The third-order valence-corrected chi connectivity index (χ3v) is 3.20. The van der Waals surface area contributed by atoms with Gasteiger partial charge in [0, 0.05) is 25.8 Å². The van der Waals surface area contributed by atoms with Gasteiger partial charge in [-0.15, -0.1) is 0 Å². The molecule has 1 aromatic rings. The lowest BCUT2D eigenvalue weighted by Gasteiger charge is -2.06. The molecule has 1 rings (SSSR count). The minimum Gasteiger partial charge on any atom is -0.497 e. The number of ether oxygens (including phenoxy) is 1. The molecule has 1 aromatic carbocycles. The van der Waals surface area contributed by atoms with Gasteiger partial charge < -0.3 is 20.7 Å². The van der Waals surface area contributed by atoms with Crippen LogP contribution in [0.2, 0.25) is 0 Å². The second-order valence-electron chi connectivity index (χ2n) is 4.90. The average Bonchev–Trinajstić information content (AvgIpc) is 2.61. The van der Waals surface area contributed by atoms with Gasteiger partial charge >= 0.3 is 0 Å². The van der Waals surface area contributed by atoms with E-state index in [2.05, 4.69) is 16.0 Å². The standard InChI is InChI=1S/C17H22N4O3/c1-24-16-5-3-14(4-6-16)7-10-21-17(23)15(11-18)12-19-8-2-9-20-13-22/h3-6,12-13,19H,2,7-10H2,1H3,(H,20,22)(H,21,23)/b15-12-. The smallest absolute Gasteiger partial charge is 0.263 e. The van der Waals surface area contributed by atoms with Gasteiger partial charge in [0.15, 0.2) is 0 Å². The molecule has 0 unspecified atom stereocenters. The van der Waals surface area contributed by atoms with Gasteiger partial charge in [0.25, 0.3) is 5.91 Å². The Balaban J connectivity index is 2.32. The van der Waals surface area contributed by atoms with E-state index in [1.807, 2.05) is 30.3 Å². The number of hydrogen-bond acceptors (Lipinski definition) is 5. The quantitative estimate of drug-likeness (QED) is 0.237. The fraction of sp³-hybridized carbons (Fsp3) is 0.353. The maximum atomic E-state index is 11.9. The van der Waals surface area contributed by atoms with E-state index in [4.69, 9.17) is 10.00 Å². The minimum absolute atomic E-state index is 0.0214. The summed E-state index contributed by atoms with van der Waals surface area (Å²) >= 11 is 0. The molecule has 0 aliphatic rings. The third kappa shape index (κ3) is 7.31. The zero-order valence-electron chi connectivity index (χ0n) is 13.7. The Bertz CT molecular complexity index is 591. The molecule has 7 heteroatoms. The number of carbonyl (C=O) groups is 2. The monoisotopic (exact) mass is 330 g/mol. The van der Waals surface area contributed by atoms with Crippen LogP contribution in [0.15, 0.2) is 36.0 Å². The first-order valence-electron chi connectivity index (χ1n) is 7.63. The van der Waals surface area contributed by atoms with Crippen LogP contribution in [0.5, 0.6) is 5.75 Å². The highest BCUT2D eigenvalue weighted by molar-refractivity contribution is 5.97. The van der Waals surface area contributed by atoms with Crippen LogP contribution >= 0.6 is 0 Å². The van der Waals surface area contributed by atoms with Crippen LogP contribution in [-0.2, 0) is 16.0 Å². The van der Waals surface area contributed by atoms with Crippen molar-refractivity contribution < 1.29 is 14.3 Å². The topological polar surface area (TPSA) is 103 Å². The van der Waals surface area contributed by atoms with E-state index < -0.39 is 5.91 Å². The Morgan fingerprint density at radius 1 is 1.21 bits per heavy atom. The fourth-order valence-electron chi connectivity index (χ4n) is 1.88. The van der Waals surface area contributed by atoms with Crippen LogP contribution in [0, 0.1) is 11.3 Å². The number of nitrogens with one attached hydrogen (secondary N) is 3. The van der Waals surface area contributed by atoms with Crippen molar-refractivity contribution in [3.05, 3.63) is 41.6 Å². The zero-order chi connectivity index (χ0) is 17.6. The lowest BCUT2D eigenvalue weighted by molar-refractivity contribution is -0.117.